The predicted molar refractivity (Wildman–Crippen MR) is 69.7 cm³/mol. The number of halogens is 1. The van der Waals surface area contributed by atoms with Crippen LogP contribution in [0.2, 0.25) is 5.02 Å². The highest BCUT2D eigenvalue weighted by Crippen LogP contribution is 2.23. The van der Waals surface area contributed by atoms with Gasteiger partial charge >= 0.3 is 0 Å². The van der Waals surface area contributed by atoms with Crippen molar-refractivity contribution in [3.05, 3.63) is 59.1 Å². The molecule has 2 aromatic rings. The van der Waals surface area contributed by atoms with Crippen molar-refractivity contribution in [2.45, 2.75) is 6.54 Å². The van der Waals surface area contributed by atoms with E-state index >= 15 is 0 Å². The summed E-state index contributed by atoms with van der Waals surface area (Å²) in [6.45, 7) is 0.883. The minimum Gasteiger partial charge on any atom is -0.316 e. The van der Waals surface area contributed by atoms with Gasteiger partial charge in [-0.25, -0.2) is 0 Å². The van der Waals surface area contributed by atoms with Gasteiger partial charge in [0.25, 0.3) is 0 Å². The van der Waals surface area contributed by atoms with Crippen LogP contribution in [0.25, 0.3) is 11.1 Å². The van der Waals surface area contributed by atoms with E-state index in [1.165, 1.54) is 11.1 Å². The Labute approximate surface area is 101 Å². The summed E-state index contributed by atoms with van der Waals surface area (Å²) in [4.78, 5) is 0. The maximum Gasteiger partial charge on any atom is 0.0412 e. The minimum absolute atomic E-state index is 0.775. The Bertz CT molecular complexity index is 480. The molecule has 1 N–H and O–H groups in total. The lowest BCUT2D eigenvalue weighted by molar-refractivity contribution is 0.818. The summed E-state index contributed by atoms with van der Waals surface area (Å²) in [5.41, 5.74) is 3.64. The Balaban J connectivity index is 2.36. The van der Waals surface area contributed by atoms with Crippen molar-refractivity contribution in [1.82, 2.24) is 5.32 Å². The van der Waals surface area contributed by atoms with Gasteiger partial charge in [-0.2, -0.15) is 0 Å². The topological polar surface area (TPSA) is 12.0 Å². The molecule has 0 aliphatic rings. The van der Waals surface area contributed by atoms with Gasteiger partial charge in [-0.1, -0.05) is 41.9 Å². The van der Waals surface area contributed by atoms with Crippen LogP contribution in [0.4, 0.5) is 0 Å². The van der Waals surface area contributed by atoms with E-state index < -0.39 is 0 Å². The summed E-state index contributed by atoms with van der Waals surface area (Å²) in [5, 5.41) is 3.92. The number of hydrogen-bond donors (Lipinski definition) is 1. The Kier molecular flexibility index (Phi) is 3.60. The zero-order valence-electron chi connectivity index (χ0n) is 9.20. The summed E-state index contributed by atoms with van der Waals surface area (Å²) in [7, 11) is 1.95. The van der Waals surface area contributed by atoms with Crippen LogP contribution in [-0.2, 0) is 6.54 Å². The van der Waals surface area contributed by atoms with Crippen LogP contribution >= 0.6 is 11.6 Å². The molecule has 0 atom stereocenters. The highest BCUT2D eigenvalue weighted by atomic mass is 35.5. The maximum absolute atomic E-state index is 5.98. The van der Waals surface area contributed by atoms with Crippen molar-refractivity contribution in [3.63, 3.8) is 0 Å². The molecule has 16 heavy (non-hydrogen) atoms. The first-order valence-corrected chi connectivity index (χ1v) is 5.67. The first-order valence-electron chi connectivity index (χ1n) is 5.29. The summed E-state index contributed by atoms with van der Waals surface area (Å²) < 4.78 is 0. The van der Waals surface area contributed by atoms with Gasteiger partial charge in [0.05, 0.1) is 0 Å². The predicted octanol–water partition coefficient (Wildman–Crippen LogP) is 3.73. The summed E-state index contributed by atoms with van der Waals surface area (Å²) in [5.74, 6) is 0. The molecule has 0 saturated carbocycles. The third-order valence-corrected chi connectivity index (χ3v) is 2.70. The van der Waals surface area contributed by atoms with Gasteiger partial charge in [-0.05, 0) is 41.9 Å². The summed E-state index contributed by atoms with van der Waals surface area (Å²) in [6, 6.07) is 16.4. The Morgan fingerprint density at radius 2 is 1.69 bits per heavy atom. The summed E-state index contributed by atoms with van der Waals surface area (Å²) >= 11 is 5.98. The SMILES string of the molecule is CNCc1cccc(-c2cccc(Cl)c2)c1. The van der Waals surface area contributed by atoms with E-state index in [4.69, 9.17) is 11.6 Å². The van der Waals surface area contributed by atoms with Gasteiger partial charge < -0.3 is 5.32 Å². The van der Waals surface area contributed by atoms with E-state index in [0.717, 1.165) is 17.1 Å². The molecule has 2 aromatic carbocycles. The Hall–Kier alpha value is -1.31. The van der Waals surface area contributed by atoms with Crippen LogP contribution < -0.4 is 5.32 Å². The van der Waals surface area contributed by atoms with Gasteiger partial charge in [0.1, 0.15) is 0 Å². The first-order chi connectivity index (χ1) is 7.79. The fraction of sp³-hybridized carbons (Fsp3) is 0.143. The molecule has 0 aliphatic carbocycles. The molecule has 0 aromatic heterocycles. The molecule has 0 saturated heterocycles. The molecule has 0 aliphatic heterocycles. The number of rotatable bonds is 3. The molecule has 2 rings (SSSR count). The van der Waals surface area contributed by atoms with Crippen molar-refractivity contribution >= 4 is 11.6 Å². The average molecular weight is 232 g/mol. The second-order valence-electron chi connectivity index (χ2n) is 3.74. The van der Waals surface area contributed by atoms with Crippen LogP contribution in [0, 0.1) is 0 Å². The second-order valence-corrected chi connectivity index (χ2v) is 4.18. The van der Waals surface area contributed by atoms with E-state index in [-0.39, 0.29) is 0 Å². The van der Waals surface area contributed by atoms with Crippen molar-refractivity contribution in [2.75, 3.05) is 7.05 Å². The highest BCUT2D eigenvalue weighted by molar-refractivity contribution is 6.30. The van der Waals surface area contributed by atoms with Crippen molar-refractivity contribution < 1.29 is 0 Å². The second kappa shape index (κ2) is 5.15. The summed E-state index contributed by atoms with van der Waals surface area (Å²) in [6.07, 6.45) is 0. The van der Waals surface area contributed by atoms with Crippen molar-refractivity contribution in [1.29, 1.82) is 0 Å². The zero-order chi connectivity index (χ0) is 11.4. The molecule has 0 amide bonds. The molecule has 0 bridgehead atoms. The lowest BCUT2D eigenvalue weighted by Crippen LogP contribution is -2.04. The molecule has 0 spiro atoms. The Morgan fingerprint density at radius 1 is 1.00 bits per heavy atom. The first kappa shape index (κ1) is 11.2. The smallest absolute Gasteiger partial charge is 0.0412 e. The number of hydrogen-bond acceptors (Lipinski definition) is 1. The molecule has 82 valence electrons. The third kappa shape index (κ3) is 2.63. The zero-order valence-corrected chi connectivity index (χ0v) is 9.96. The van der Waals surface area contributed by atoms with Gasteiger partial charge in [0.15, 0.2) is 0 Å². The Morgan fingerprint density at radius 3 is 2.38 bits per heavy atom. The molecule has 0 fully saturated rings. The van der Waals surface area contributed by atoms with Crippen molar-refractivity contribution in [3.8, 4) is 11.1 Å². The highest BCUT2D eigenvalue weighted by Gasteiger charge is 1.99. The molecule has 0 unspecified atom stereocenters. The largest absolute Gasteiger partial charge is 0.316 e. The van der Waals surface area contributed by atoms with E-state index in [2.05, 4.69) is 35.6 Å². The number of nitrogens with one attached hydrogen (secondary N) is 1. The molecule has 2 heteroatoms. The fourth-order valence-electron chi connectivity index (χ4n) is 1.73. The lowest BCUT2D eigenvalue weighted by atomic mass is 10.0. The third-order valence-electron chi connectivity index (χ3n) is 2.47. The monoisotopic (exact) mass is 231 g/mol. The van der Waals surface area contributed by atoms with Crippen molar-refractivity contribution in [2.24, 2.45) is 0 Å². The average Bonchev–Trinajstić information content (AvgIpc) is 2.30. The van der Waals surface area contributed by atoms with Gasteiger partial charge in [-0.3, -0.25) is 0 Å². The van der Waals surface area contributed by atoms with E-state index in [1.54, 1.807) is 0 Å². The van der Waals surface area contributed by atoms with E-state index in [0.29, 0.717) is 0 Å². The van der Waals surface area contributed by atoms with Crippen LogP contribution in [0.3, 0.4) is 0 Å². The molecule has 0 heterocycles. The lowest BCUT2D eigenvalue weighted by Gasteiger charge is -2.05. The minimum atomic E-state index is 0.775. The maximum atomic E-state index is 5.98. The molecule has 0 radical (unpaired) electrons. The van der Waals surface area contributed by atoms with Crippen LogP contribution in [0.1, 0.15) is 5.56 Å². The molecule has 1 nitrogen and oxygen atoms in total. The fourth-order valence-corrected chi connectivity index (χ4v) is 1.92. The molecular formula is C14H14ClN. The van der Waals surface area contributed by atoms with Crippen LogP contribution in [0.5, 0.6) is 0 Å². The van der Waals surface area contributed by atoms with Gasteiger partial charge in [0.2, 0.25) is 0 Å². The van der Waals surface area contributed by atoms with Crippen LogP contribution in [-0.4, -0.2) is 7.05 Å². The number of benzene rings is 2. The van der Waals surface area contributed by atoms with Crippen LogP contribution in [0.15, 0.2) is 48.5 Å². The van der Waals surface area contributed by atoms with E-state index in [1.807, 2.05) is 25.2 Å². The van der Waals surface area contributed by atoms with E-state index in [9.17, 15) is 0 Å². The van der Waals surface area contributed by atoms with Gasteiger partial charge in [-0.15, -0.1) is 0 Å². The quantitative estimate of drug-likeness (QED) is 0.849. The molecular weight excluding hydrogens is 218 g/mol. The standard InChI is InChI=1S/C14H14ClN/c1-16-10-11-4-2-5-12(8-11)13-6-3-7-14(15)9-13/h2-9,16H,10H2,1H3. The van der Waals surface area contributed by atoms with Gasteiger partial charge in [0, 0.05) is 11.6 Å². The normalized spacial score (nSPS) is 10.4.